The van der Waals surface area contributed by atoms with Gasteiger partial charge in [0.05, 0.1) is 17.7 Å². The number of nitrogens with one attached hydrogen (secondary N) is 3. The van der Waals surface area contributed by atoms with Gasteiger partial charge in [-0.15, -0.1) is 0 Å². The summed E-state index contributed by atoms with van der Waals surface area (Å²) in [4.78, 5) is 17.5. The van der Waals surface area contributed by atoms with Crippen molar-refractivity contribution < 1.29 is 13.9 Å². The maximum Gasteiger partial charge on any atom is 0.240 e. The van der Waals surface area contributed by atoms with Gasteiger partial charge in [0.1, 0.15) is 11.6 Å². The Morgan fingerprint density at radius 1 is 1.25 bits per heavy atom. The van der Waals surface area contributed by atoms with Crippen LogP contribution in [0.25, 0.3) is 0 Å². The number of carbonyl (C=O) groups excluding carboxylic acids is 1. The van der Waals surface area contributed by atoms with E-state index in [9.17, 15) is 9.18 Å². The molecule has 1 amide bonds. The molecule has 1 fully saturated rings. The van der Waals surface area contributed by atoms with Crippen LogP contribution in [0, 0.1) is 18.2 Å². The minimum Gasteiger partial charge on any atom is -0.487 e. The lowest BCUT2D eigenvalue weighted by Gasteiger charge is -2.38. The average molecular weight is 439 g/mol. The smallest absolute Gasteiger partial charge is 0.240 e. The molecule has 0 saturated heterocycles. The van der Waals surface area contributed by atoms with Gasteiger partial charge in [0, 0.05) is 18.2 Å². The summed E-state index contributed by atoms with van der Waals surface area (Å²) in [5, 5.41) is 9.89. The van der Waals surface area contributed by atoms with Crippen molar-refractivity contribution in [2.24, 2.45) is 11.3 Å². The van der Waals surface area contributed by atoms with E-state index in [2.05, 4.69) is 25.9 Å². The molecular weight excluding hydrogens is 411 g/mol. The molecule has 0 spiro atoms. The second kappa shape index (κ2) is 9.35. The van der Waals surface area contributed by atoms with Gasteiger partial charge in [-0.3, -0.25) is 15.3 Å². The lowest BCUT2D eigenvalue weighted by molar-refractivity contribution is -0.134. The van der Waals surface area contributed by atoms with E-state index in [1.165, 1.54) is 0 Å². The van der Waals surface area contributed by atoms with Gasteiger partial charge in [0.25, 0.3) is 0 Å². The van der Waals surface area contributed by atoms with Crippen LogP contribution >= 0.6 is 0 Å². The molecule has 168 valence electrons. The lowest BCUT2D eigenvalue weighted by Crippen LogP contribution is -2.48. The van der Waals surface area contributed by atoms with Crippen molar-refractivity contribution in [3.05, 3.63) is 65.7 Å². The number of aryl methyl sites for hydroxylation is 1. The molecule has 2 heterocycles. The third-order valence-electron chi connectivity index (χ3n) is 6.04. The number of pyridine rings is 1. The van der Waals surface area contributed by atoms with E-state index in [0.717, 1.165) is 11.5 Å². The molecule has 2 aromatic heterocycles. The first-order chi connectivity index (χ1) is 15.5. The Hall–Kier alpha value is -3.46. The first-order valence-electron chi connectivity index (χ1n) is 10.6. The Morgan fingerprint density at radius 3 is 2.75 bits per heavy atom. The largest absolute Gasteiger partial charge is 0.487 e. The molecule has 0 unspecified atom stereocenters. The van der Waals surface area contributed by atoms with Gasteiger partial charge in [-0.1, -0.05) is 18.2 Å². The zero-order chi connectivity index (χ0) is 22.6. The van der Waals surface area contributed by atoms with Crippen LogP contribution in [-0.2, 0) is 11.2 Å². The molecule has 4 rings (SSSR count). The number of hydrogen-bond acceptors (Lipinski definition) is 6. The first-order valence-corrected chi connectivity index (χ1v) is 10.6. The highest BCUT2D eigenvalue weighted by Crippen LogP contribution is 2.41. The number of ether oxygens (including phenoxy) is 1. The third-order valence-corrected chi connectivity index (χ3v) is 6.04. The predicted octanol–water partition coefficient (Wildman–Crippen LogP) is 3.54. The number of anilines is 2. The van der Waals surface area contributed by atoms with Gasteiger partial charge < -0.3 is 10.1 Å². The Labute approximate surface area is 185 Å². The number of nitrogens with zero attached hydrogens (tertiary/aromatic N) is 2. The highest BCUT2D eigenvalue weighted by molar-refractivity contribution is 5.82. The van der Waals surface area contributed by atoms with Crippen LogP contribution in [0.5, 0.6) is 5.75 Å². The van der Waals surface area contributed by atoms with Crippen LogP contribution in [0.3, 0.4) is 0 Å². The monoisotopic (exact) mass is 438 g/mol. The van der Waals surface area contributed by atoms with Crippen molar-refractivity contribution in [1.82, 2.24) is 20.6 Å². The molecule has 0 aliphatic heterocycles. The molecule has 0 bridgehead atoms. The number of aromatic nitrogens is 3. The van der Waals surface area contributed by atoms with Gasteiger partial charge in [0.15, 0.2) is 11.6 Å². The summed E-state index contributed by atoms with van der Waals surface area (Å²) < 4.78 is 20.3. The normalized spacial score (nSPS) is 20.5. The fraction of sp³-hybridized carbons (Fsp3) is 0.348. The fourth-order valence-electron chi connectivity index (χ4n) is 4.25. The molecule has 5 N–H and O–H groups in total. The van der Waals surface area contributed by atoms with E-state index in [1.807, 2.05) is 18.2 Å². The van der Waals surface area contributed by atoms with Gasteiger partial charge in [-0.2, -0.15) is 5.10 Å². The van der Waals surface area contributed by atoms with Gasteiger partial charge in [-0.25, -0.2) is 15.2 Å². The SMILES string of the molecule is Cc1cccc(OC2CCC(Cc3cccc(Nc4ccn[nH]4)n3)(C(=O)NN)CC2)c1F. The van der Waals surface area contributed by atoms with Crippen LogP contribution in [0.2, 0.25) is 0 Å². The number of rotatable bonds is 7. The minimum atomic E-state index is -0.695. The third kappa shape index (κ3) is 4.72. The summed E-state index contributed by atoms with van der Waals surface area (Å²) in [6, 6.07) is 12.6. The van der Waals surface area contributed by atoms with E-state index < -0.39 is 5.41 Å². The number of benzene rings is 1. The zero-order valence-electron chi connectivity index (χ0n) is 17.9. The second-order valence-corrected chi connectivity index (χ2v) is 8.24. The highest BCUT2D eigenvalue weighted by atomic mass is 19.1. The minimum absolute atomic E-state index is 0.161. The average Bonchev–Trinajstić information content (AvgIpc) is 3.31. The summed E-state index contributed by atoms with van der Waals surface area (Å²) in [5.41, 5.74) is 2.96. The molecule has 1 aliphatic rings. The number of nitrogens with two attached hydrogens (primary N) is 1. The molecule has 8 nitrogen and oxygen atoms in total. The maximum absolute atomic E-state index is 14.3. The Bertz CT molecular complexity index is 1060. The zero-order valence-corrected chi connectivity index (χ0v) is 17.9. The predicted molar refractivity (Wildman–Crippen MR) is 119 cm³/mol. The van der Waals surface area contributed by atoms with Gasteiger partial charge in [0.2, 0.25) is 5.91 Å². The summed E-state index contributed by atoms with van der Waals surface area (Å²) >= 11 is 0. The Kier molecular flexibility index (Phi) is 6.36. The summed E-state index contributed by atoms with van der Waals surface area (Å²) in [5.74, 6) is 6.61. The quantitative estimate of drug-likeness (QED) is 0.255. The Balaban J connectivity index is 1.46. The Morgan fingerprint density at radius 2 is 2.03 bits per heavy atom. The van der Waals surface area contributed by atoms with Crippen molar-refractivity contribution in [3.8, 4) is 5.75 Å². The van der Waals surface area contributed by atoms with Crippen molar-refractivity contribution in [1.29, 1.82) is 0 Å². The number of carbonyl (C=O) groups is 1. The first kappa shape index (κ1) is 21.8. The van der Waals surface area contributed by atoms with E-state index in [1.54, 1.807) is 37.4 Å². The molecule has 0 radical (unpaired) electrons. The van der Waals surface area contributed by atoms with Crippen molar-refractivity contribution in [2.75, 3.05) is 5.32 Å². The highest BCUT2D eigenvalue weighted by Gasteiger charge is 2.42. The molecule has 0 atom stereocenters. The van der Waals surface area contributed by atoms with E-state index in [0.29, 0.717) is 43.5 Å². The topological polar surface area (TPSA) is 118 Å². The number of amides is 1. The molecule has 1 aliphatic carbocycles. The number of hydrogen-bond donors (Lipinski definition) is 4. The summed E-state index contributed by atoms with van der Waals surface area (Å²) in [6.07, 6.45) is 4.30. The maximum atomic E-state index is 14.3. The van der Waals surface area contributed by atoms with Crippen LogP contribution in [0.4, 0.5) is 16.0 Å². The van der Waals surface area contributed by atoms with Crippen LogP contribution in [0.1, 0.15) is 36.9 Å². The van der Waals surface area contributed by atoms with Crippen molar-refractivity contribution in [3.63, 3.8) is 0 Å². The van der Waals surface area contributed by atoms with Crippen LogP contribution < -0.4 is 21.3 Å². The number of aromatic amines is 1. The molecule has 1 saturated carbocycles. The summed E-state index contributed by atoms with van der Waals surface area (Å²) in [6.45, 7) is 1.71. The van der Waals surface area contributed by atoms with Gasteiger partial charge in [-0.05, 0) is 56.4 Å². The van der Waals surface area contributed by atoms with E-state index in [-0.39, 0.29) is 23.6 Å². The lowest BCUT2D eigenvalue weighted by atomic mass is 9.69. The van der Waals surface area contributed by atoms with E-state index >= 15 is 0 Å². The number of halogens is 1. The number of H-pyrrole nitrogens is 1. The molecule has 3 aromatic rings. The van der Waals surface area contributed by atoms with Crippen molar-refractivity contribution in [2.45, 2.75) is 45.1 Å². The van der Waals surface area contributed by atoms with E-state index in [4.69, 9.17) is 10.6 Å². The molecule has 32 heavy (non-hydrogen) atoms. The second-order valence-electron chi connectivity index (χ2n) is 8.24. The molecular formula is C23H27FN6O2. The molecule has 1 aromatic carbocycles. The standard InChI is InChI=1S/C23H27FN6O2/c1-15-4-2-6-18(21(15)24)32-17-8-11-23(12-9-17,22(31)29-25)14-16-5-3-7-19(27-16)28-20-10-13-26-30-20/h2-7,10,13,17H,8-9,11-12,14,25H2,1H3,(H,29,31)(H2,26,27,28,30). The van der Waals surface area contributed by atoms with Crippen molar-refractivity contribution >= 4 is 17.5 Å². The van der Waals surface area contributed by atoms with Gasteiger partial charge >= 0.3 is 0 Å². The molecule has 9 heteroatoms. The summed E-state index contributed by atoms with van der Waals surface area (Å²) in [7, 11) is 0. The van der Waals surface area contributed by atoms with Crippen LogP contribution in [0.15, 0.2) is 48.7 Å². The fourth-order valence-corrected chi connectivity index (χ4v) is 4.25. The van der Waals surface area contributed by atoms with Crippen LogP contribution in [-0.4, -0.2) is 27.2 Å². The number of hydrazine groups is 1.